The third-order valence-corrected chi connectivity index (χ3v) is 5.80. The van der Waals surface area contributed by atoms with E-state index in [0.717, 1.165) is 35.4 Å². The first kappa shape index (κ1) is 21.1. The van der Waals surface area contributed by atoms with Gasteiger partial charge >= 0.3 is 5.97 Å². The van der Waals surface area contributed by atoms with Gasteiger partial charge in [0.15, 0.2) is 0 Å². The van der Waals surface area contributed by atoms with Gasteiger partial charge in [-0.1, -0.05) is 60.7 Å². The van der Waals surface area contributed by atoms with Crippen molar-refractivity contribution in [1.82, 2.24) is 4.90 Å². The van der Waals surface area contributed by atoms with Gasteiger partial charge in [-0.2, -0.15) is 0 Å². The van der Waals surface area contributed by atoms with Crippen LogP contribution < -0.4 is 4.74 Å². The molecule has 2 unspecified atom stereocenters. The normalized spacial score (nSPS) is 17.8. The minimum atomic E-state index is -0.767. The molecule has 2 atom stereocenters. The SMILES string of the molecule is O=C(O)C1CCCN(C(c2ccc(F)cc2)c2ccccc2OCc2ccccc2)C1. The van der Waals surface area contributed by atoms with Crippen LogP contribution in [0.3, 0.4) is 0 Å². The molecule has 0 bridgehead atoms. The van der Waals surface area contributed by atoms with Crippen molar-refractivity contribution in [1.29, 1.82) is 0 Å². The maximum absolute atomic E-state index is 13.6. The number of rotatable bonds is 7. The Balaban J connectivity index is 1.68. The molecule has 5 heteroatoms. The topological polar surface area (TPSA) is 49.8 Å². The first-order valence-corrected chi connectivity index (χ1v) is 10.6. The van der Waals surface area contributed by atoms with E-state index in [1.807, 2.05) is 54.6 Å². The number of ether oxygens (including phenoxy) is 1. The highest BCUT2D eigenvalue weighted by Gasteiger charge is 2.32. The molecule has 4 rings (SSSR count). The predicted octanol–water partition coefficient (Wildman–Crippen LogP) is 5.29. The third-order valence-electron chi connectivity index (χ3n) is 5.80. The Morgan fingerprint density at radius 3 is 2.48 bits per heavy atom. The molecule has 4 nitrogen and oxygen atoms in total. The van der Waals surface area contributed by atoms with Crippen LogP contribution in [0.5, 0.6) is 5.75 Å². The number of benzene rings is 3. The summed E-state index contributed by atoms with van der Waals surface area (Å²) in [4.78, 5) is 13.8. The second-order valence-corrected chi connectivity index (χ2v) is 7.94. The lowest BCUT2D eigenvalue weighted by Crippen LogP contribution is -2.41. The molecule has 0 spiro atoms. The van der Waals surface area contributed by atoms with Gasteiger partial charge < -0.3 is 9.84 Å². The second-order valence-electron chi connectivity index (χ2n) is 7.94. The molecule has 160 valence electrons. The number of likely N-dealkylation sites (tertiary alicyclic amines) is 1. The van der Waals surface area contributed by atoms with E-state index >= 15 is 0 Å². The first-order valence-electron chi connectivity index (χ1n) is 10.6. The zero-order valence-electron chi connectivity index (χ0n) is 17.3. The van der Waals surface area contributed by atoms with Gasteiger partial charge in [0.1, 0.15) is 18.2 Å². The van der Waals surface area contributed by atoms with Crippen LogP contribution in [-0.4, -0.2) is 29.1 Å². The average Bonchev–Trinajstić information content (AvgIpc) is 2.81. The summed E-state index contributed by atoms with van der Waals surface area (Å²) in [5.41, 5.74) is 2.94. The van der Waals surface area contributed by atoms with Crippen molar-refractivity contribution in [3.8, 4) is 5.75 Å². The first-order chi connectivity index (χ1) is 15.1. The number of aliphatic carboxylic acids is 1. The highest BCUT2D eigenvalue weighted by molar-refractivity contribution is 5.70. The summed E-state index contributed by atoms with van der Waals surface area (Å²) < 4.78 is 19.8. The molecule has 1 aliphatic heterocycles. The van der Waals surface area contributed by atoms with Gasteiger partial charge in [0.25, 0.3) is 0 Å². The van der Waals surface area contributed by atoms with Crippen LogP contribution in [-0.2, 0) is 11.4 Å². The van der Waals surface area contributed by atoms with Crippen molar-refractivity contribution in [3.63, 3.8) is 0 Å². The quantitative estimate of drug-likeness (QED) is 0.565. The van der Waals surface area contributed by atoms with Gasteiger partial charge in [-0.15, -0.1) is 0 Å². The van der Waals surface area contributed by atoms with Gasteiger partial charge in [0.2, 0.25) is 0 Å². The number of hydrogen-bond acceptors (Lipinski definition) is 3. The van der Waals surface area contributed by atoms with Crippen LogP contribution in [0.25, 0.3) is 0 Å². The second kappa shape index (κ2) is 9.75. The summed E-state index contributed by atoms with van der Waals surface area (Å²) in [6.07, 6.45) is 1.48. The molecule has 3 aromatic rings. The Bertz CT molecular complexity index is 1010. The van der Waals surface area contributed by atoms with Crippen LogP contribution >= 0.6 is 0 Å². The molecule has 1 saturated heterocycles. The van der Waals surface area contributed by atoms with Crippen LogP contribution in [0.2, 0.25) is 0 Å². The van der Waals surface area contributed by atoms with Gasteiger partial charge in [-0.25, -0.2) is 4.39 Å². The molecule has 1 heterocycles. The smallest absolute Gasteiger partial charge is 0.307 e. The van der Waals surface area contributed by atoms with Crippen molar-refractivity contribution in [3.05, 3.63) is 101 Å². The number of halogens is 1. The Morgan fingerprint density at radius 1 is 1.03 bits per heavy atom. The maximum Gasteiger partial charge on any atom is 0.307 e. The monoisotopic (exact) mass is 419 g/mol. The van der Waals surface area contributed by atoms with E-state index in [4.69, 9.17) is 4.74 Å². The largest absolute Gasteiger partial charge is 0.489 e. The molecule has 0 amide bonds. The van der Waals surface area contributed by atoms with E-state index in [9.17, 15) is 14.3 Å². The summed E-state index contributed by atoms with van der Waals surface area (Å²) in [5.74, 6) is -0.721. The standard InChI is InChI=1S/C26H26FNO3/c27-22-14-12-20(13-15-22)25(28-16-6-9-21(17-28)26(29)30)23-10-4-5-11-24(23)31-18-19-7-2-1-3-8-19/h1-5,7-8,10-15,21,25H,6,9,16-18H2,(H,29,30). The molecule has 0 aliphatic carbocycles. The fraction of sp³-hybridized carbons (Fsp3) is 0.269. The number of piperidine rings is 1. The summed E-state index contributed by atoms with van der Waals surface area (Å²) in [6.45, 7) is 1.66. The number of carboxylic acid groups (broad SMARTS) is 1. The molecule has 0 saturated carbocycles. The van der Waals surface area contributed by atoms with Gasteiger partial charge in [-0.05, 0) is 48.7 Å². The molecule has 1 N–H and O–H groups in total. The van der Waals surface area contributed by atoms with E-state index in [1.165, 1.54) is 12.1 Å². The van der Waals surface area contributed by atoms with Crippen LogP contribution in [0, 0.1) is 11.7 Å². The number of para-hydroxylation sites is 1. The lowest BCUT2D eigenvalue weighted by molar-refractivity contribution is -0.143. The van der Waals surface area contributed by atoms with Crippen molar-refractivity contribution in [2.24, 2.45) is 5.92 Å². The Labute approximate surface area is 181 Å². The number of nitrogens with zero attached hydrogens (tertiary/aromatic N) is 1. The molecule has 1 aliphatic rings. The zero-order chi connectivity index (χ0) is 21.6. The third kappa shape index (κ3) is 5.12. The molecule has 1 fully saturated rings. The van der Waals surface area contributed by atoms with E-state index in [0.29, 0.717) is 19.6 Å². The van der Waals surface area contributed by atoms with Crippen molar-refractivity contribution in [2.45, 2.75) is 25.5 Å². The molecular weight excluding hydrogens is 393 g/mol. The summed E-state index contributed by atoms with van der Waals surface area (Å²) in [6, 6.07) is 24.0. The van der Waals surface area contributed by atoms with Crippen LogP contribution in [0.4, 0.5) is 4.39 Å². The fourth-order valence-corrected chi connectivity index (χ4v) is 4.25. The number of carbonyl (C=O) groups is 1. The predicted molar refractivity (Wildman–Crippen MR) is 117 cm³/mol. The minimum Gasteiger partial charge on any atom is -0.489 e. The summed E-state index contributed by atoms with van der Waals surface area (Å²) in [7, 11) is 0. The molecule has 31 heavy (non-hydrogen) atoms. The summed E-state index contributed by atoms with van der Waals surface area (Å²) in [5, 5.41) is 9.58. The highest BCUT2D eigenvalue weighted by Crippen LogP contribution is 2.37. The van der Waals surface area contributed by atoms with Crippen LogP contribution in [0.1, 0.15) is 35.6 Å². The van der Waals surface area contributed by atoms with E-state index in [1.54, 1.807) is 12.1 Å². The van der Waals surface area contributed by atoms with Crippen molar-refractivity contribution in [2.75, 3.05) is 13.1 Å². The van der Waals surface area contributed by atoms with Crippen molar-refractivity contribution >= 4 is 5.97 Å². The molecule has 0 aromatic heterocycles. The fourth-order valence-electron chi connectivity index (χ4n) is 4.25. The zero-order valence-corrected chi connectivity index (χ0v) is 17.3. The Morgan fingerprint density at radius 2 is 1.74 bits per heavy atom. The minimum absolute atomic E-state index is 0.213. The lowest BCUT2D eigenvalue weighted by atomic mass is 9.91. The molecule has 3 aromatic carbocycles. The van der Waals surface area contributed by atoms with Gasteiger partial charge in [-0.3, -0.25) is 9.69 Å². The van der Waals surface area contributed by atoms with E-state index in [2.05, 4.69) is 4.90 Å². The molecule has 0 radical (unpaired) electrons. The Hall–Kier alpha value is -3.18. The Kier molecular flexibility index (Phi) is 6.63. The lowest BCUT2D eigenvalue weighted by Gasteiger charge is -2.38. The van der Waals surface area contributed by atoms with Gasteiger partial charge in [0.05, 0.1) is 12.0 Å². The number of carboxylic acids is 1. The average molecular weight is 419 g/mol. The summed E-state index contributed by atoms with van der Waals surface area (Å²) >= 11 is 0. The van der Waals surface area contributed by atoms with E-state index < -0.39 is 11.9 Å². The van der Waals surface area contributed by atoms with Crippen LogP contribution in [0.15, 0.2) is 78.9 Å². The van der Waals surface area contributed by atoms with Crippen molar-refractivity contribution < 1.29 is 19.0 Å². The maximum atomic E-state index is 13.6. The van der Waals surface area contributed by atoms with E-state index in [-0.39, 0.29) is 11.9 Å². The van der Waals surface area contributed by atoms with Gasteiger partial charge in [0, 0.05) is 12.1 Å². The highest BCUT2D eigenvalue weighted by atomic mass is 19.1. The molecular formula is C26H26FNO3. The number of hydrogen-bond donors (Lipinski definition) is 1.